The lowest BCUT2D eigenvalue weighted by atomic mass is 10.0. The maximum Gasteiger partial charge on any atom is 0.365 e. The Kier molecular flexibility index (Phi) is 7.29. The van der Waals surface area contributed by atoms with Crippen LogP contribution in [0.3, 0.4) is 0 Å². The first kappa shape index (κ1) is 24.5. The van der Waals surface area contributed by atoms with Crippen molar-refractivity contribution >= 4 is 22.5 Å². The van der Waals surface area contributed by atoms with Gasteiger partial charge < -0.3 is 23.8 Å². The van der Waals surface area contributed by atoms with E-state index in [1.54, 1.807) is 37.6 Å². The van der Waals surface area contributed by atoms with E-state index >= 15 is 0 Å². The van der Waals surface area contributed by atoms with Gasteiger partial charge in [0, 0.05) is 17.1 Å². The third-order valence-corrected chi connectivity index (χ3v) is 5.45. The first-order chi connectivity index (χ1) is 17.5. The van der Waals surface area contributed by atoms with Crippen LogP contribution in [0.25, 0.3) is 10.8 Å². The summed E-state index contributed by atoms with van der Waals surface area (Å²) in [4.78, 5) is 22.5. The molecule has 0 saturated carbocycles. The summed E-state index contributed by atoms with van der Waals surface area (Å²) in [5.74, 6) is 0.787. The van der Waals surface area contributed by atoms with Crippen LogP contribution in [-0.4, -0.2) is 45.1 Å². The van der Waals surface area contributed by atoms with Gasteiger partial charge in [-0.25, -0.2) is 9.18 Å². The Morgan fingerprint density at radius 3 is 2.03 bits per heavy atom. The molecule has 0 N–H and O–H groups in total. The molecule has 36 heavy (non-hydrogen) atoms. The predicted molar refractivity (Wildman–Crippen MR) is 132 cm³/mol. The molecule has 1 heterocycles. The third-order valence-electron chi connectivity index (χ3n) is 5.45. The third kappa shape index (κ3) is 4.90. The fourth-order valence-electron chi connectivity index (χ4n) is 3.63. The first-order valence-electron chi connectivity index (χ1n) is 10.8. The number of pyridine rings is 1. The van der Waals surface area contributed by atoms with Gasteiger partial charge in [0.25, 0.3) is 0 Å². The SMILES string of the molecule is COc1ccc(/C(=N\OC(=O)c2ccc(F)cc2)c2nccc3cc(OC)c(OC)cc23)cc1OC. The number of methoxy groups -OCH3 is 4. The average Bonchev–Trinajstić information content (AvgIpc) is 2.92. The molecule has 0 aliphatic heterocycles. The quantitative estimate of drug-likeness (QED) is 0.195. The Balaban J connectivity index is 1.88. The van der Waals surface area contributed by atoms with Crippen molar-refractivity contribution in [2.75, 3.05) is 28.4 Å². The van der Waals surface area contributed by atoms with Gasteiger partial charge in [0.1, 0.15) is 17.2 Å². The summed E-state index contributed by atoms with van der Waals surface area (Å²) in [6.07, 6.45) is 1.61. The number of ether oxygens (including phenoxy) is 4. The van der Waals surface area contributed by atoms with Crippen molar-refractivity contribution in [2.45, 2.75) is 0 Å². The Morgan fingerprint density at radius 2 is 1.36 bits per heavy atom. The Hall–Kier alpha value is -4.66. The minimum absolute atomic E-state index is 0.143. The van der Waals surface area contributed by atoms with E-state index in [-0.39, 0.29) is 11.3 Å². The molecule has 4 aromatic rings. The number of hydrogen-bond donors (Lipinski definition) is 0. The van der Waals surface area contributed by atoms with Crippen molar-refractivity contribution in [1.29, 1.82) is 0 Å². The summed E-state index contributed by atoms with van der Waals surface area (Å²) in [5, 5.41) is 5.67. The van der Waals surface area contributed by atoms with Crippen molar-refractivity contribution < 1.29 is 33.0 Å². The second kappa shape index (κ2) is 10.7. The van der Waals surface area contributed by atoms with Gasteiger partial charge in [-0.2, -0.15) is 0 Å². The molecule has 0 aliphatic carbocycles. The topological polar surface area (TPSA) is 88.5 Å². The number of carbonyl (C=O) groups excluding carboxylic acids is 1. The molecule has 0 radical (unpaired) electrons. The Morgan fingerprint density at radius 1 is 0.750 bits per heavy atom. The van der Waals surface area contributed by atoms with Crippen molar-refractivity contribution in [2.24, 2.45) is 5.16 Å². The van der Waals surface area contributed by atoms with E-state index in [4.69, 9.17) is 23.8 Å². The fourth-order valence-corrected chi connectivity index (χ4v) is 3.63. The number of benzene rings is 3. The van der Waals surface area contributed by atoms with Crippen LogP contribution in [0.15, 0.2) is 72.0 Å². The molecule has 0 saturated heterocycles. The van der Waals surface area contributed by atoms with Crippen LogP contribution in [-0.2, 0) is 4.84 Å². The van der Waals surface area contributed by atoms with Crippen LogP contribution in [0.1, 0.15) is 21.6 Å². The van der Waals surface area contributed by atoms with E-state index in [1.807, 2.05) is 12.1 Å². The minimum atomic E-state index is -0.757. The highest BCUT2D eigenvalue weighted by molar-refractivity contribution is 6.18. The van der Waals surface area contributed by atoms with Crippen LogP contribution in [0.4, 0.5) is 4.39 Å². The summed E-state index contributed by atoms with van der Waals surface area (Å²) in [7, 11) is 6.13. The second-order valence-corrected chi connectivity index (χ2v) is 7.48. The van der Waals surface area contributed by atoms with Crippen molar-refractivity contribution in [3.05, 3.63) is 89.5 Å². The molecule has 0 fully saturated rings. The Labute approximate surface area is 206 Å². The molecule has 9 heteroatoms. The van der Waals surface area contributed by atoms with Gasteiger partial charge in [-0.1, -0.05) is 5.16 Å². The van der Waals surface area contributed by atoms with Gasteiger partial charge in [0.15, 0.2) is 23.0 Å². The van der Waals surface area contributed by atoms with Crippen molar-refractivity contribution in [3.8, 4) is 23.0 Å². The number of rotatable bonds is 8. The van der Waals surface area contributed by atoms with Gasteiger partial charge in [0.2, 0.25) is 0 Å². The zero-order valence-corrected chi connectivity index (χ0v) is 20.1. The normalized spacial score (nSPS) is 11.2. The number of hydrogen-bond acceptors (Lipinski definition) is 8. The van der Waals surface area contributed by atoms with Crippen LogP contribution >= 0.6 is 0 Å². The minimum Gasteiger partial charge on any atom is -0.493 e. The van der Waals surface area contributed by atoms with Crippen LogP contribution in [0, 0.1) is 5.82 Å². The van der Waals surface area contributed by atoms with E-state index in [0.29, 0.717) is 39.6 Å². The number of nitrogens with zero attached hydrogens (tertiary/aromatic N) is 2. The van der Waals surface area contributed by atoms with E-state index in [0.717, 1.165) is 5.39 Å². The Bertz CT molecular complexity index is 1440. The number of oxime groups is 1. The average molecular weight is 490 g/mol. The number of fused-ring (bicyclic) bond motifs is 1. The molecule has 0 aliphatic rings. The zero-order chi connectivity index (χ0) is 25.7. The standard InChI is InChI=1S/C27H23FN2O6/c1-32-21-10-7-18(14-22(21)33-2)25(30-36-27(31)16-5-8-19(28)9-6-16)26-20-15-24(35-4)23(34-3)13-17(20)11-12-29-26/h5-15H,1-4H3/b30-25+. The molecular weight excluding hydrogens is 467 g/mol. The molecule has 0 amide bonds. The lowest BCUT2D eigenvalue weighted by Gasteiger charge is -2.14. The lowest BCUT2D eigenvalue weighted by Crippen LogP contribution is -2.11. The molecular formula is C27H23FN2O6. The zero-order valence-electron chi connectivity index (χ0n) is 20.1. The summed E-state index contributed by atoms with van der Waals surface area (Å²) >= 11 is 0. The maximum absolute atomic E-state index is 13.3. The smallest absolute Gasteiger partial charge is 0.365 e. The highest BCUT2D eigenvalue weighted by Crippen LogP contribution is 2.35. The summed E-state index contributed by atoms with van der Waals surface area (Å²) in [6, 6.07) is 15.5. The molecule has 184 valence electrons. The highest BCUT2D eigenvalue weighted by atomic mass is 19.1. The van der Waals surface area contributed by atoms with Gasteiger partial charge >= 0.3 is 5.97 Å². The highest BCUT2D eigenvalue weighted by Gasteiger charge is 2.19. The molecule has 1 aromatic heterocycles. The molecule has 0 atom stereocenters. The molecule has 0 bridgehead atoms. The van der Waals surface area contributed by atoms with E-state index in [9.17, 15) is 9.18 Å². The number of carbonyl (C=O) groups is 1. The van der Waals surface area contributed by atoms with Gasteiger partial charge in [-0.05, 0) is 66.0 Å². The van der Waals surface area contributed by atoms with Crippen molar-refractivity contribution in [3.63, 3.8) is 0 Å². The predicted octanol–water partition coefficient (Wildman–Crippen LogP) is 5.02. The van der Waals surface area contributed by atoms with Crippen LogP contribution in [0.2, 0.25) is 0 Å². The molecule has 0 spiro atoms. The van der Waals surface area contributed by atoms with E-state index in [1.165, 1.54) is 45.6 Å². The summed E-state index contributed by atoms with van der Waals surface area (Å²) in [6.45, 7) is 0. The second-order valence-electron chi connectivity index (χ2n) is 7.48. The largest absolute Gasteiger partial charge is 0.493 e. The van der Waals surface area contributed by atoms with Crippen molar-refractivity contribution in [1.82, 2.24) is 4.98 Å². The lowest BCUT2D eigenvalue weighted by molar-refractivity contribution is 0.0517. The molecule has 0 unspecified atom stereocenters. The molecule has 3 aromatic carbocycles. The van der Waals surface area contributed by atoms with E-state index in [2.05, 4.69) is 10.1 Å². The van der Waals surface area contributed by atoms with Gasteiger partial charge in [-0.15, -0.1) is 0 Å². The molecule has 8 nitrogen and oxygen atoms in total. The monoisotopic (exact) mass is 490 g/mol. The molecule has 4 rings (SSSR count). The maximum atomic E-state index is 13.3. The van der Waals surface area contributed by atoms with Crippen LogP contribution < -0.4 is 18.9 Å². The summed E-state index contributed by atoms with van der Waals surface area (Å²) in [5.41, 5.74) is 1.37. The van der Waals surface area contributed by atoms with Gasteiger partial charge in [-0.3, -0.25) is 4.98 Å². The number of halogens is 1. The number of aromatic nitrogens is 1. The fraction of sp³-hybridized carbons (Fsp3) is 0.148. The van der Waals surface area contributed by atoms with Gasteiger partial charge in [0.05, 0.1) is 34.0 Å². The van der Waals surface area contributed by atoms with E-state index < -0.39 is 11.8 Å². The van der Waals surface area contributed by atoms with Crippen LogP contribution in [0.5, 0.6) is 23.0 Å². The first-order valence-corrected chi connectivity index (χ1v) is 10.8. The summed E-state index contributed by atoms with van der Waals surface area (Å²) < 4.78 is 35.0.